The first-order chi connectivity index (χ1) is 39.1. The predicted octanol–water partition coefficient (Wildman–Crippen LogP) is 20.1. The Morgan fingerprint density at radius 2 is 0.904 bits per heavy atom. The van der Waals surface area contributed by atoms with E-state index in [-0.39, 0.29) is 47.2 Å². The molecular formula is C78H71IrN4-. The van der Waals surface area contributed by atoms with Crippen molar-refractivity contribution in [2.24, 2.45) is 10.8 Å². The zero-order chi connectivity index (χ0) is 56.9. The van der Waals surface area contributed by atoms with Gasteiger partial charge in [0.15, 0.2) is 17.5 Å². The van der Waals surface area contributed by atoms with E-state index in [4.69, 9.17) is 19.9 Å². The molecule has 0 amide bonds. The largest absolute Gasteiger partial charge is 0.296 e. The SMILES string of the molecule is CC(C)(C)CC(C)(C)c1ccc(-c2nc(-c3ccc(C(C)(C)CC(C)(C)C)cc3)nc(-c3cc(-c4[c-]cc5c(c4)C4(c6ccccc6-c6ccccc64)c4ccc6ccccc6c4-5)nc4cc5c(cc34)-c3ccccc3C5(C)C)n2)cc1.[Ir]. The molecule has 14 rings (SSSR count). The first-order valence-electron chi connectivity index (χ1n) is 29.5. The van der Waals surface area contributed by atoms with Crippen LogP contribution >= 0.6 is 0 Å². The number of nitrogens with zero attached hydrogens (tertiary/aromatic N) is 4. The van der Waals surface area contributed by atoms with Gasteiger partial charge in [0, 0.05) is 47.6 Å². The average Bonchev–Trinajstić information content (AvgIpc) is 1.60. The molecule has 2 heterocycles. The summed E-state index contributed by atoms with van der Waals surface area (Å²) in [6.07, 6.45) is 2.11. The molecule has 413 valence electrons. The van der Waals surface area contributed by atoms with Crippen LogP contribution in [-0.2, 0) is 41.8 Å². The summed E-state index contributed by atoms with van der Waals surface area (Å²) < 4.78 is 0. The fourth-order valence-electron chi connectivity index (χ4n) is 15.5. The predicted molar refractivity (Wildman–Crippen MR) is 341 cm³/mol. The van der Waals surface area contributed by atoms with Crippen molar-refractivity contribution in [2.75, 3.05) is 0 Å². The third-order valence-corrected chi connectivity index (χ3v) is 18.4. The summed E-state index contributed by atoms with van der Waals surface area (Å²) in [5, 5.41) is 3.47. The third kappa shape index (κ3) is 8.78. The maximum absolute atomic E-state index is 5.74. The number of fused-ring (bicyclic) bond motifs is 16. The van der Waals surface area contributed by atoms with E-state index < -0.39 is 5.41 Å². The van der Waals surface area contributed by atoms with Gasteiger partial charge in [-0.25, -0.2) is 15.0 Å². The number of hydrogen-bond donors (Lipinski definition) is 0. The van der Waals surface area contributed by atoms with Gasteiger partial charge in [-0.05, 0) is 130 Å². The molecule has 1 radical (unpaired) electrons. The Kier molecular flexibility index (Phi) is 12.6. The van der Waals surface area contributed by atoms with Crippen molar-refractivity contribution in [3.8, 4) is 78.8 Å². The summed E-state index contributed by atoms with van der Waals surface area (Å²) in [4.78, 5) is 22.2. The van der Waals surface area contributed by atoms with Gasteiger partial charge in [-0.15, -0.1) is 29.3 Å². The van der Waals surface area contributed by atoms with Gasteiger partial charge in [-0.2, -0.15) is 0 Å². The normalized spacial score (nSPS) is 14.5. The average molecular weight is 1260 g/mol. The fraction of sp³-hybridized carbons (Fsp3) is 0.256. The van der Waals surface area contributed by atoms with E-state index in [1.807, 2.05) is 0 Å². The molecule has 1 spiro atoms. The van der Waals surface area contributed by atoms with Crippen molar-refractivity contribution in [3.05, 3.63) is 239 Å². The van der Waals surface area contributed by atoms with Crippen LogP contribution in [0.15, 0.2) is 188 Å². The number of pyridine rings is 1. The Morgan fingerprint density at radius 3 is 1.47 bits per heavy atom. The molecule has 0 unspecified atom stereocenters. The number of aromatic nitrogens is 4. The maximum Gasteiger partial charge on any atom is 0.164 e. The molecule has 0 atom stereocenters. The molecule has 0 saturated carbocycles. The van der Waals surface area contributed by atoms with Crippen molar-refractivity contribution in [2.45, 2.75) is 118 Å². The number of hydrogen-bond acceptors (Lipinski definition) is 4. The topological polar surface area (TPSA) is 51.6 Å². The Bertz CT molecular complexity index is 4300. The number of rotatable bonds is 8. The van der Waals surface area contributed by atoms with E-state index in [0.717, 1.165) is 51.7 Å². The van der Waals surface area contributed by atoms with Gasteiger partial charge in [0.25, 0.3) is 0 Å². The summed E-state index contributed by atoms with van der Waals surface area (Å²) >= 11 is 0. The summed E-state index contributed by atoms with van der Waals surface area (Å²) in [6, 6.07) is 73.9. The Hall–Kier alpha value is -7.69. The summed E-state index contributed by atoms with van der Waals surface area (Å²) in [5.41, 5.74) is 22.7. The van der Waals surface area contributed by atoms with Crippen LogP contribution in [-0.4, -0.2) is 19.9 Å². The van der Waals surface area contributed by atoms with Gasteiger partial charge in [0.1, 0.15) is 0 Å². The van der Waals surface area contributed by atoms with Gasteiger partial charge in [-0.3, -0.25) is 4.98 Å². The molecule has 2 aromatic heterocycles. The van der Waals surface area contributed by atoms with E-state index in [1.165, 1.54) is 88.7 Å². The van der Waals surface area contributed by atoms with Crippen LogP contribution in [0.5, 0.6) is 0 Å². The second kappa shape index (κ2) is 19.2. The Morgan fingerprint density at radius 1 is 0.398 bits per heavy atom. The van der Waals surface area contributed by atoms with Crippen LogP contribution in [0.2, 0.25) is 0 Å². The first-order valence-corrected chi connectivity index (χ1v) is 29.5. The summed E-state index contributed by atoms with van der Waals surface area (Å²) in [6.45, 7) is 28.0. The third-order valence-electron chi connectivity index (χ3n) is 18.4. The Labute approximate surface area is 504 Å². The Balaban J connectivity index is 0.00000645. The van der Waals surface area contributed by atoms with Gasteiger partial charge in [0.05, 0.1) is 10.9 Å². The zero-order valence-corrected chi connectivity index (χ0v) is 52.3. The zero-order valence-electron chi connectivity index (χ0n) is 49.9. The van der Waals surface area contributed by atoms with Crippen LogP contribution in [0.3, 0.4) is 0 Å². The minimum atomic E-state index is -0.560. The molecule has 5 heteroatoms. The first kappa shape index (κ1) is 54.6. The van der Waals surface area contributed by atoms with Gasteiger partial charge in [0.2, 0.25) is 0 Å². The molecule has 3 aliphatic carbocycles. The van der Waals surface area contributed by atoms with Crippen molar-refractivity contribution < 1.29 is 20.1 Å². The van der Waals surface area contributed by atoms with Crippen molar-refractivity contribution >= 4 is 21.7 Å². The molecule has 0 N–H and O–H groups in total. The van der Waals surface area contributed by atoms with Crippen LogP contribution < -0.4 is 0 Å². The second-order valence-electron chi connectivity index (χ2n) is 28.1. The molecule has 0 fully saturated rings. The monoisotopic (exact) mass is 1260 g/mol. The molecule has 0 saturated heterocycles. The quantitative estimate of drug-likeness (QED) is 0.142. The van der Waals surface area contributed by atoms with Crippen molar-refractivity contribution in [1.29, 1.82) is 0 Å². The fourth-order valence-corrected chi connectivity index (χ4v) is 15.5. The molecule has 0 aliphatic heterocycles. The molecule has 0 bridgehead atoms. The molecular weight excluding hydrogens is 1190 g/mol. The maximum atomic E-state index is 5.74. The van der Waals surface area contributed by atoms with E-state index in [0.29, 0.717) is 17.5 Å². The van der Waals surface area contributed by atoms with Crippen LogP contribution in [0.25, 0.3) is 100 Å². The minimum Gasteiger partial charge on any atom is -0.296 e. The summed E-state index contributed by atoms with van der Waals surface area (Å²) in [5.74, 6) is 1.86. The van der Waals surface area contributed by atoms with Crippen LogP contribution in [0.1, 0.15) is 140 Å². The summed E-state index contributed by atoms with van der Waals surface area (Å²) in [7, 11) is 0. The van der Waals surface area contributed by atoms with Gasteiger partial charge >= 0.3 is 0 Å². The van der Waals surface area contributed by atoms with E-state index >= 15 is 0 Å². The van der Waals surface area contributed by atoms with Gasteiger partial charge in [-0.1, -0.05) is 252 Å². The number of benzene rings is 9. The van der Waals surface area contributed by atoms with Crippen molar-refractivity contribution in [3.63, 3.8) is 0 Å². The minimum absolute atomic E-state index is 0. The molecule has 4 nitrogen and oxygen atoms in total. The molecule has 83 heavy (non-hydrogen) atoms. The van der Waals surface area contributed by atoms with E-state index in [1.54, 1.807) is 0 Å². The second-order valence-corrected chi connectivity index (χ2v) is 28.1. The van der Waals surface area contributed by atoms with Crippen LogP contribution in [0, 0.1) is 16.9 Å². The van der Waals surface area contributed by atoms with E-state index in [2.05, 4.69) is 277 Å². The smallest absolute Gasteiger partial charge is 0.164 e. The molecule has 11 aromatic rings. The standard InChI is InChI=1S/C78H71N4.Ir/c1-73(2,3)45-75(7,8)51-35-29-48(30-36-51)70-80-71(49-31-37-52(38-32-49)76(9,10)46-74(4,5)6)82-72(81-70)60-43-67(79-68-44-65-58(42-59(60)68)56-25-15-18-26-61(56)77(65,11)12)50-33-39-57-66(41-50)78(64-40-34-47-21-13-14-22-53(47)69(57)64)62-27-19-16-23-54(62)55-24-17-20-28-63(55)78;/h13-32,34-44H,45-46H2,1-12H3;/q-1;. The molecule has 3 aliphatic rings. The van der Waals surface area contributed by atoms with Crippen molar-refractivity contribution in [1.82, 2.24) is 19.9 Å². The van der Waals surface area contributed by atoms with Gasteiger partial charge < -0.3 is 0 Å². The van der Waals surface area contributed by atoms with E-state index in [9.17, 15) is 0 Å². The molecule has 9 aromatic carbocycles. The van der Waals surface area contributed by atoms with Crippen LogP contribution in [0.4, 0.5) is 0 Å².